The maximum absolute atomic E-state index is 15.1. The van der Waals surface area contributed by atoms with Gasteiger partial charge in [-0.3, -0.25) is 19.2 Å². The molecule has 1 aromatic carbocycles. The molecule has 1 N–H and O–H groups in total. The molecule has 4 saturated carbocycles. The summed E-state index contributed by atoms with van der Waals surface area (Å²) in [5, 5.41) is 3.41. The number of ketones is 1. The van der Waals surface area contributed by atoms with E-state index >= 15 is 4.79 Å². The molecule has 0 aromatic heterocycles. The molecule has 1 saturated heterocycles. The average molecular weight is 802 g/mol. The van der Waals surface area contributed by atoms with E-state index < -0.39 is 33.5 Å². The van der Waals surface area contributed by atoms with Crippen molar-refractivity contribution >= 4 is 23.6 Å². The summed E-state index contributed by atoms with van der Waals surface area (Å²) < 4.78 is 24.0. The van der Waals surface area contributed by atoms with E-state index in [0.29, 0.717) is 38.7 Å². The molecule has 0 unspecified atom stereocenters. The predicted octanol–water partition coefficient (Wildman–Crippen LogP) is 9.25. The number of fused-ring (bicyclic) bond motifs is 6. The quantitative estimate of drug-likeness (QED) is 0.164. The molecule has 9 heteroatoms. The third-order valence-corrected chi connectivity index (χ3v) is 18.0. The second-order valence-electron chi connectivity index (χ2n) is 22.0. The lowest BCUT2D eigenvalue weighted by Gasteiger charge is -2.77. The SMILES string of the molecule is COC(C)(C)CCOC(C)(C)CCC(=O)O[C@H]1CC[C@]2(C)[C@H]3C(=O)C=C4[C@@H]5C[C@@](C)(C(=O)OCc6ccccc6)CC[C@]5(C)CC[C@@]4(C)[C@]3(C)CC[C@]23NC(=O)[C@]13C. The van der Waals surface area contributed by atoms with E-state index in [4.69, 9.17) is 18.9 Å². The molecule has 6 aliphatic rings. The van der Waals surface area contributed by atoms with Gasteiger partial charge in [0, 0.05) is 24.9 Å². The van der Waals surface area contributed by atoms with Gasteiger partial charge < -0.3 is 24.3 Å². The largest absolute Gasteiger partial charge is 0.461 e. The number of benzene rings is 1. The topological polar surface area (TPSA) is 117 Å². The van der Waals surface area contributed by atoms with Crippen LogP contribution in [0.5, 0.6) is 0 Å². The first kappa shape index (κ1) is 43.1. The molecule has 1 heterocycles. The molecule has 1 aliphatic heterocycles. The van der Waals surface area contributed by atoms with Crippen LogP contribution < -0.4 is 5.32 Å². The Morgan fingerprint density at radius 2 is 1.52 bits per heavy atom. The average Bonchev–Trinajstić information content (AvgIpc) is 3.17. The first-order valence-corrected chi connectivity index (χ1v) is 22.1. The van der Waals surface area contributed by atoms with Gasteiger partial charge >= 0.3 is 11.9 Å². The number of nitrogens with one attached hydrogen (secondary N) is 1. The first-order valence-electron chi connectivity index (χ1n) is 22.1. The van der Waals surface area contributed by atoms with Crippen molar-refractivity contribution in [2.45, 2.75) is 176 Å². The molecule has 9 nitrogen and oxygen atoms in total. The maximum Gasteiger partial charge on any atom is 0.312 e. The van der Waals surface area contributed by atoms with Crippen LogP contribution in [0, 0.1) is 44.3 Å². The van der Waals surface area contributed by atoms with Gasteiger partial charge in [0.2, 0.25) is 5.91 Å². The normalized spacial score (nSPS) is 40.6. The van der Waals surface area contributed by atoms with Gasteiger partial charge in [0.05, 0.1) is 28.8 Å². The lowest BCUT2D eigenvalue weighted by Crippen LogP contribution is -2.89. The van der Waals surface area contributed by atoms with E-state index in [1.54, 1.807) is 7.11 Å². The minimum atomic E-state index is -0.948. The monoisotopic (exact) mass is 802 g/mol. The zero-order valence-electron chi connectivity index (χ0n) is 37.4. The van der Waals surface area contributed by atoms with E-state index in [9.17, 15) is 14.4 Å². The van der Waals surface area contributed by atoms with Crippen molar-refractivity contribution in [1.29, 1.82) is 0 Å². The van der Waals surface area contributed by atoms with Crippen LogP contribution in [-0.4, -0.2) is 60.2 Å². The molecule has 0 radical (unpaired) electrons. The van der Waals surface area contributed by atoms with E-state index in [2.05, 4.69) is 39.9 Å². The van der Waals surface area contributed by atoms with E-state index in [-0.39, 0.29) is 70.3 Å². The van der Waals surface area contributed by atoms with Crippen LogP contribution in [0.3, 0.4) is 0 Å². The molecule has 1 aromatic rings. The Morgan fingerprint density at radius 3 is 2.19 bits per heavy atom. The fourth-order valence-corrected chi connectivity index (χ4v) is 13.3. The number of allylic oxidation sites excluding steroid dienone is 2. The van der Waals surface area contributed by atoms with Crippen molar-refractivity contribution in [3.8, 4) is 0 Å². The van der Waals surface area contributed by atoms with Gasteiger partial charge in [0.15, 0.2) is 5.78 Å². The lowest BCUT2D eigenvalue weighted by molar-refractivity contribution is -0.255. The Labute approximate surface area is 347 Å². The van der Waals surface area contributed by atoms with Crippen molar-refractivity contribution in [3.63, 3.8) is 0 Å². The van der Waals surface area contributed by atoms with Crippen molar-refractivity contribution in [3.05, 3.63) is 47.5 Å². The molecule has 5 fully saturated rings. The molecular weight excluding hydrogens is 731 g/mol. The highest BCUT2D eigenvalue weighted by Gasteiger charge is 2.82. The molecular formula is C49H71NO8. The second kappa shape index (κ2) is 14.3. The number of carbonyl (C=O) groups excluding carboxylic acids is 4. The fraction of sp³-hybridized carbons (Fsp3) is 0.755. The number of methoxy groups -OCH3 is 1. The van der Waals surface area contributed by atoms with Gasteiger partial charge in [-0.25, -0.2) is 0 Å². The van der Waals surface area contributed by atoms with E-state index in [1.807, 2.05) is 71.0 Å². The van der Waals surface area contributed by atoms with Gasteiger partial charge in [-0.15, -0.1) is 0 Å². The number of hydrogen-bond acceptors (Lipinski definition) is 8. The van der Waals surface area contributed by atoms with Gasteiger partial charge in [0.25, 0.3) is 0 Å². The summed E-state index contributed by atoms with van der Waals surface area (Å²) in [6.45, 7) is 22.2. The number of hydrogen-bond donors (Lipinski definition) is 1. The van der Waals surface area contributed by atoms with E-state index in [0.717, 1.165) is 44.1 Å². The summed E-state index contributed by atoms with van der Waals surface area (Å²) in [7, 11) is 1.70. The minimum Gasteiger partial charge on any atom is -0.461 e. The van der Waals surface area contributed by atoms with Crippen molar-refractivity contribution in [1.82, 2.24) is 5.32 Å². The number of β-lactam (4-membered cyclic amide) rings is 1. The number of esters is 2. The zero-order chi connectivity index (χ0) is 42.4. The highest BCUT2D eigenvalue weighted by atomic mass is 16.5. The molecule has 1 spiro atoms. The number of amides is 1. The molecule has 58 heavy (non-hydrogen) atoms. The third-order valence-electron chi connectivity index (χ3n) is 18.0. The summed E-state index contributed by atoms with van der Waals surface area (Å²) in [5.41, 5.74) is -2.02. The smallest absolute Gasteiger partial charge is 0.312 e. The Balaban J connectivity index is 1.10. The summed E-state index contributed by atoms with van der Waals surface area (Å²) in [5.74, 6) is -0.631. The lowest BCUT2D eigenvalue weighted by atomic mass is 9.30. The standard InChI is InChI=1S/C49H71NO8/c1-41(2,55-11)27-28-57-42(3,4)19-18-37(52)58-36-17-20-47(9)38-35(51)29-33-34-30-44(6,40(54)56-31-32-15-13-12-14-16-32)22-21-43(34,5)23-24-45(33,7)46(38,8)25-26-49(47)48(36,10)39(53)50-49/h12-16,29,34,36,38H,17-28,30-31H2,1-11H3,(H,50,53)/t34-,36-,38-,43+,44-,45+,46+,47+,48-,49-/m0/s1. The first-order chi connectivity index (χ1) is 26.9. The molecule has 1 amide bonds. The van der Waals surface area contributed by atoms with Crippen LogP contribution in [0.25, 0.3) is 0 Å². The highest BCUT2D eigenvalue weighted by molar-refractivity contribution is 5.98. The number of rotatable bonds is 12. The van der Waals surface area contributed by atoms with Crippen molar-refractivity contribution < 1.29 is 38.1 Å². The van der Waals surface area contributed by atoms with Crippen LogP contribution in [0.4, 0.5) is 0 Å². The molecule has 10 atom stereocenters. The van der Waals surface area contributed by atoms with Gasteiger partial charge in [-0.1, -0.05) is 63.6 Å². The Bertz CT molecular complexity index is 1850. The Kier molecular flexibility index (Phi) is 10.6. The molecule has 5 aliphatic carbocycles. The Morgan fingerprint density at radius 1 is 0.828 bits per heavy atom. The van der Waals surface area contributed by atoms with Crippen molar-refractivity contribution in [2.24, 2.45) is 44.3 Å². The van der Waals surface area contributed by atoms with Gasteiger partial charge in [0.1, 0.15) is 18.1 Å². The fourth-order valence-electron chi connectivity index (χ4n) is 13.3. The summed E-state index contributed by atoms with van der Waals surface area (Å²) in [4.78, 5) is 56.4. The second-order valence-corrected chi connectivity index (χ2v) is 22.0. The van der Waals surface area contributed by atoms with E-state index in [1.165, 1.54) is 5.57 Å². The van der Waals surface area contributed by atoms with Crippen LogP contribution in [-0.2, 0) is 44.7 Å². The zero-order valence-corrected chi connectivity index (χ0v) is 37.4. The highest BCUT2D eigenvalue weighted by Crippen LogP contribution is 2.77. The molecule has 7 rings (SSSR count). The van der Waals surface area contributed by atoms with Crippen LogP contribution >= 0.6 is 0 Å². The predicted molar refractivity (Wildman–Crippen MR) is 222 cm³/mol. The summed E-state index contributed by atoms with van der Waals surface area (Å²) in [6.07, 6.45) is 9.91. The third kappa shape index (κ3) is 6.44. The summed E-state index contributed by atoms with van der Waals surface area (Å²) in [6, 6.07) is 9.84. The Hall–Kier alpha value is -3.04. The van der Waals surface area contributed by atoms with Crippen LogP contribution in [0.15, 0.2) is 42.0 Å². The molecule has 0 bridgehead atoms. The van der Waals surface area contributed by atoms with Gasteiger partial charge in [-0.2, -0.15) is 0 Å². The van der Waals surface area contributed by atoms with Crippen LogP contribution in [0.2, 0.25) is 0 Å². The van der Waals surface area contributed by atoms with Gasteiger partial charge in [-0.05, 0) is 146 Å². The van der Waals surface area contributed by atoms with Crippen LogP contribution in [0.1, 0.15) is 152 Å². The number of carbonyl (C=O) groups is 4. The minimum absolute atomic E-state index is 0.00143. The maximum atomic E-state index is 15.1. The van der Waals surface area contributed by atoms with Crippen molar-refractivity contribution in [2.75, 3.05) is 13.7 Å². The summed E-state index contributed by atoms with van der Waals surface area (Å²) >= 11 is 0. The number of ether oxygens (including phenoxy) is 4. The molecule has 320 valence electrons.